The number of aromatic amines is 1. The van der Waals surface area contributed by atoms with E-state index in [1.165, 1.54) is 18.2 Å². The largest absolute Gasteiger partial charge is 0.451 e. The van der Waals surface area contributed by atoms with Gasteiger partial charge in [-0.05, 0) is 24.3 Å². The molecule has 0 unspecified atom stereocenters. The molecule has 2 N–H and O–H groups in total. The second kappa shape index (κ2) is 7.59. The van der Waals surface area contributed by atoms with Gasteiger partial charge in [-0.15, -0.1) is 0 Å². The van der Waals surface area contributed by atoms with E-state index in [0.717, 1.165) is 0 Å². The van der Waals surface area contributed by atoms with E-state index in [9.17, 15) is 19.2 Å². The Bertz CT molecular complexity index is 1440. The molecule has 3 aromatic carbocycles. The van der Waals surface area contributed by atoms with Gasteiger partial charge in [-0.2, -0.15) is 5.10 Å². The van der Waals surface area contributed by atoms with E-state index in [1.54, 1.807) is 48.5 Å². The summed E-state index contributed by atoms with van der Waals surface area (Å²) in [6.45, 7) is -0.535. The number of amides is 1. The highest BCUT2D eigenvalue weighted by atomic mass is 16.5. The fourth-order valence-corrected chi connectivity index (χ4v) is 3.69. The van der Waals surface area contributed by atoms with Crippen LogP contribution in [-0.2, 0) is 9.53 Å². The summed E-state index contributed by atoms with van der Waals surface area (Å²) in [6.07, 6.45) is 0. The molecule has 1 heterocycles. The van der Waals surface area contributed by atoms with Crippen molar-refractivity contribution in [2.45, 2.75) is 0 Å². The molecule has 1 aliphatic carbocycles. The number of anilines is 1. The van der Waals surface area contributed by atoms with Crippen molar-refractivity contribution >= 4 is 40.0 Å². The van der Waals surface area contributed by atoms with Gasteiger partial charge in [0.25, 0.3) is 5.91 Å². The lowest BCUT2D eigenvalue weighted by molar-refractivity contribution is -0.119. The molecule has 0 saturated heterocycles. The maximum absolute atomic E-state index is 12.8. The number of nitrogens with one attached hydrogen (secondary N) is 2. The minimum atomic E-state index is -0.736. The predicted octanol–water partition coefficient (Wildman–Crippen LogP) is 3.13. The molecule has 156 valence electrons. The average molecular weight is 425 g/mol. The lowest BCUT2D eigenvalue weighted by atomic mass is 9.84. The summed E-state index contributed by atoms with van der Waals surface area (Å²) in [5.41, 5.74) is 2.27. The molecule has 0 saturated carbocycles. The van der Waals surface area contributed by atoms with Crippen molar-refractivity contribution in [3.05, 3.63) is 94.7 Å². The van der Waals surface area contributed by atoms with Crippen LogP contribution >= 0.6 is 0 Å². The summed E-state index contributed by atoms with van der Waals surface area (Å²) in [4.78, 5) is 50.1. The number of esters is 1. The van der Waals surface area contributed by atoms with Crippen molar-refractivity contribution in [1.82, 2.24) is 10.2 Å². The molecule has 0 radical (unpaired) electrons. The number of fused-ring (bicyclic) bond motifs is 3. The summed E-state index contributed by atoms with van der Waals surface area (Å²) >= 11 is 0. The SMILES string of the molecule is O=C(COC(=O)c1n[nH]c2ccccc12)Nc1ccc2c(c1)C(=O)c1ccccc1C2=O. The summed E-state index contributed by atoms with van der Waals surface area (Å²) in [6, 6.07) is 18.2. The van der Waals surface area contributed by atoms with Crippen LogP contribution < -0.4 is 5.32 Å². The van der Waals surface area contributed by atoms with Gasteiger partial charge in [0.2, 0.25) is 0 Å². The monoisotopic (exact) mass is 425 g/mol. The Kier molecular flexibility index (Phi) is 4.59. The van der Waals surface area contributed by atoms with Crippen LogP contribution in [0.5, 0.6) is 0 Å². The summed E-state index contributed by atoms with van der Waals surface area (Å²) in [7, 11) is 0. The van der Waals surface area contributed by atoms with Crippen molar-refractivity contribution in [1.29, 1.82) is 0 Å². The first-order valence-electron chi connectivity index (χ1n) is 9.75. The molecule has 8 nitrogen and oxygen atoms in total. The first-order chi connectivity index (χ1) is 15.5. The number of nitrogens with zero attached hydrogens (tertiary/aromatic N) is 1. The van der Waals surface area contributed by atoms with Gasteiger partial charge >= 0.3 is 5.97 Å². The molecule has 0 aliphatic heterocycles. The Balaban J connectivity index is 1.29. The lowest BCUT2D eigenvalue weighted by Gasteiger charge is -2.18. The van der Waals surface area contributed by atoms with E-state index in [-0.39, 0.29) is 28.4 Å². The van der Waals surface area contributed by atoms with Gasteiger partial charge in [0.15, 0.2) is 23.9 Å². The van der Waals surface area contributed by atoms with Crippen molar-refractivity contribution in [3.63, 3.8) is 0 Å². The first-order valence-corrected chi connectivity index (χ1v) is 9.75. The zero-order valence-corrected chi connectivity index (χ0v) is 16.5. The molecular weight excluding hydrogens is 410 g/mol. The van der Waals surface area contributed by atoms with E-state index < -0.39 is 18.5 Å². The van der Waals surface area contributed by atoms with Crippen LogP contribution in [0, 0.1) is 0 Å². The molecule has 0 spiro atoms. The number of hydrogen-bond donors (Lipinski definition) is 2. The van der Waals surface area contributed by atoms with Crippen LogP contribution in [0.4, 0.5) is 5.69 Å². The van der Waals surface area contributed by atoms with E-state index in [0.29, 0.717) is 27.7 Å². The van der Waals surface area contributed by atoms with Gasteiger partial charge in [0.1, 0.15) is 0 Å². The highest BCUT2D eigenvalue weighted by molar-refractivity contribution is 6.28. The molecule has 4 aromatic rings. The average Bonchev–Trinajstić information content (AvgIpc) is 3.25. The number of benzene rings is 3. The summed E-state index contributed by atoms with van der Waals surface area (Å²) in [5, 5.41) is 9.84. The standard InChI is InChI=1S/C24H15N3O5/c28-20(12-32-24(31)21-17-7-3-4-8-19(17)26-27-21)25-13-9-10-16-18(11-13)23(30)15-6-2-1-5-14(15)22(16)29/h1-11H,12H2,(H,25,28)(H,26,27). The zero-order chi connectivity index (χ0) is 22.2. The van der Waals surface area contributed by atoms with Crippen LogP contribution in [-0.4, -0.2) is 40.2 Å². The van der Waals surface area contributed by atoms with Crippen molar-refractivity contribution in [3.8, 4) is 0 Å². The van der Waals surface area contributed by atoms with Gasteiger partial charge < -0.3 is 10.1 Å². The van der Waals surface area contributed by atoms with Gasteiger partial charge in [-0.1, -0.05) is 42.5 Å². The number of ether oxygens (including phenoxy) is 1. The molecule has 0 atom stereocenters. The number of para-hydroxylation sites is 1. The van der Waals surface area contributed by atoms with Gasteiger partial charge in [-0.3, -0.25) is 19.5 Å². The van der Waals surface area contributed by atoms with Gasteiger partial charge in [-0.25, -0.2) is 4.79 Å². The third-order valence-corrected chi connectivity index (χ3v) is 5.21. The Hall–Kier alpha value is -4.59. The minimum Gasteiger partial charge on any atom is -0.451 e. The van der Waals surface area contributed by atoms with E-state index in [1.807, 2.05) is 0 Å². The van der Waals surface area contributed by atoms with Crippen LogP contribution in [0.25, 0.3) is 10.9 Å². The summed E-state index contributed by atoms with van der Waals surface area (Å²) in [5.74, 6) is -1.86. The smallest absolute Gasteiger partial charge is 0.359 e. The normalized spacial score (nSPS) is 12.2. The molecular formula is C24H15N3O5. The van der Waals surface area contributed by atoms with Crippen molar-refractivity contribution in [2.75, 3.05) is 11.9 Å². The van der Waals surface area contributed by atoms with Crippen LogP contribution in [0.1, 0.15) is 42.3 Å². The van der Waals surface area contributed by atoms with Crippen molar-refractivity contribution in [2.24, 2.45) is 0 Å². The molecule has 0 bridgehead atoms. The fraction of sp³-hybridized carbons (Fsp3) is 0.0417. The van der Waals surface area contributed by atoms with Gasteiger partial charge in [0, 0.05) is 33.3 Å². The van der Waals surface area contributed by atoms with E-state index >= 15 is 0 Å². The number of hydrogen-bond acceptors (Lipinski definition) is 6. The zero-order valence-electron chi connectivity index (χ0n) is 16.5. The topological polar surface area (TPSA) is 118 Å². The quantitative estimate of drug-likeness (QED) is 0.427. The van der Waals surface area contributed by atoms with Gasteiger partial charge in [0.05, 0.1) is 5.52 Å². The molecule has 32 heavy (non-hydrogen) atoms. The molecule has 8 heteroatoms. The lowest BCUT2D eigenvalue weighted by Crippen LogP contribution is -2.23. The van der Waals surface area contributed by atoms with E-state index in [4.69, 9.17) is 4.74 Å². The molecule has 1 aliphatic rings. The molecule has 1 aromatic heterocycles. The van der Waals surface area contributed by atoms with E-state index in [2.05, 4.69) is 15.5 Å². The summed E-state index contributed by atoms with van der Waals surface area (Å²) < 4.78 is 5.07. The second-order valence-corrected chi connectivity index (χ2v) is 7.21. The number of ketones is 2. The molecule has 5 rings (SSSR count). The molecule has 1 amide bonds. The number of rotatable bonds is 4. The molecule has 0 fully saturated rings. The highest BCUT2D eigenvalue weighted by Gasteiger charge is 2.29. The fourth-order valence-electron chi connectivity index (χ4n) is 3.69. The van der Waals surface area contributed by atoms with Crippen LogP contribution in [0.15, 0.2) is 66.7 Å². The van der Waals surface area contributed by atoms with Crippen LogP contribution in [0.2, 0.25) is 0 Å². The Morgan fingerprint density at radius 2 is 1.50 bits per heavy atom. The number of carbonyl (C=O) groups excluding carboxylic acids is 4. The number of carbonyl (C=O) groups is 4. The maximum Gasteiger partial charge on any atom is 0.359 e. The minimum absolute atomic E-state index is 0.0879. The van der Waals surface area contributed by atoms with Crippen LogP contribution in [0.3, 0.4) is 0 Å². The predicted molar refractivity (Wildman–Crippen MR) is 115 cm³/mol. The first kappa shape index (κ1) is 19.4. The third kappa shape index (κ3) is 3.24. The Morgan fingerprint density at radius 3 is 2.28 bits per heavy atom. The van der Waals surface area contributed by atoms with Crippen molar-refractivity contribution < 1.29 is 23.9 Å². The number of H-pyrrole nitrogens is 1. The highest BCUT2D eigenvalue weighted by Crippen LogP contribution is 2.29. The third-order valence-electron chi connectivity index (χ3n) is 5.21. The number of aromatic nitrogens is 2. The second-order valence-electron chi connectivity index (χ2n) is 7.21. The Labute approximate surface area is 181 Å². The Morgan fingerprint density at radius 1 is 0.844 bits per heavy atom. The maximum atomic E-state index is 12.8.